The molecule has 3 aliphatic rings. The standard InChI is InChI=1S/C32H35N5O3/c38-30-24-9-10-26(33-11-17-35-13-3-4-14-35)31-29(24)37(21-25(30)32(39)34-12-18-36-15-5-6-16-36)27-19-22-7-1-2-8-23(22)20-28(27)40-31/h1-2,7-10,19-21,33H,3-6,11-18H2,(H,34,39). The molecule has 1 amide bonds. The van der Waals surface area contributed by atoms with Crippen LogP contribution in [0.3, 0.4) is 0 Å². The van der Waals surface area contributed by atoms with Crippen molar-refractivity contribution in [1.29, 1.82) is 0 Å². The first-order valence-corrected chi connectivity index (χ1v) is 14.6. The van der Waals surface area contributed by atoms with E-state index in [1.54, 1.807) is 6.20 Å². The van der Waals surface area contributed by atoms with Crippen LogP contribution in [0, 0.1) is 0 Å². The van der Waals surface area contributed by atoms with Gasteiger partial charge >= 0.3 is 0 Å². The van der Waals surface area contributed by atoms with Crippen molar-refractivity contribution < 1.29 is 9.53 Å². The van der Waals surface area contributed by atoms with Crippen molar-refractivity contribution in [2.45, 2.75) is 25.7 Å². The highest BCUT2D eigenvalue weighted by Gasteiger charge is 2.27. The van der Waals surface area contributed by atoms with Crippen molar-refractivity contribution >= 4 is 33.3 Å². The molecule has 0 spiro atoms. The van der Waals surface area contributed by atoms with Crippen LogP contribution in [0.15, 0.2) is 59.5 Å². The minimum absolute atomic E-state index is 0.149. The molecule has 0 bridgehead atoms. The molecule has 2 N–H and O–H groups in total. The Morgan fingerprint density at radius 3 is 2.25 bits per heavy atom. The minimum Gasteiger partial charge on any atom is -0.451 e. The van der Waals surface area contributed by atoms with Gasteiger partial charge in [0, 0.05) is 32.4 Å². The molecule has 4 aromatic rings. The van der Waals surface area contributed by atoms with Gasteiger partial charge in [-0.15, -0.1) is 0 Å². The van der Waals surface area contributed by atoms with Gasteiger partial charge in [-0.1, -0.05) is 24.3 Å². The maximum absolute atomic E-state index is 13.7. The fourth-order valence-corrected chi connectivity index (χ4v) is 6.36. The number of carbonyl (C=O) groups excluding carboxylic acids is 1. The first kappa shape index (κ1) is 25.1. The number of nitrogens with zero attached hydrogens (tertiary/aromatic N) is 3. The van der Waals surface area contributed by atoms with E-state index in [0.29, 0.717) is 28.9 Å². The second-order valence-electron chi connectivity index (χ2n) is 11.1. The average molecular weight is 538 g/mol. The second kappa shape index (κ2) is 10.6. The maximum Gasteiger partial charge on any atom is 0.256 e. The van der Waals surface area contributed by atoms with E-state index < -0.39 is 0 Å². The largest absolute Gasteiger partial charge is 0.451 e. The number of carbonyl (C=O) groups is 1. The Kier molecular flexibility index (Phi) is 6.65. The lowest BCUT2D eigenvalue weighted by Gasteiger charge is -2.26. The van der Waals surface area contributed by atoms with Gasteiger partial charge in [0.2, 0.25) is 5.43 Å². The SMILES string of the molecule is O=C(NCCN1CCCC1)c1cn2c3c(c(NCCN4CCCC4)ccc3c1=O)Oc1cc3ccccc3cc1-2. The first-order chi connectivity index (χ1) is 19.7. The van der Waals surface area contributed by atoms with Gasteiger partial charge in [0.15, 0.2) is 11.5 Å². The molecule has 206 valence electrons. The zero-order chi connectivity index (χ0) is 27.1. The molecule has 3 aliphatic heterocycles. The van der Waals surface area contributed by atoms with Crippen molar-refractivity contribution in [3.8, 4) is 17.2 Å². The molecule has 2 fully saturated rings. The molecule has 4 heterocycles. The van der Waals surface area contributed by atoms with Crippen LogP contribution in [0.4, 0.5) is 5.69 Å². The van der Waals surface area contributed by atoms with E-state index >= 15 is 0 Å². The van der Waals surface area contributed by atoms with Crippen molar-refractivity contribution in [1.82, 2.24) is 19.7 Å². The summed E-state index contributed by atoms with van der Waals surface area (Å²) in [4.78, 5) is 31.8. The number of fused-ring (bicyclic) bond motifs is 3. The van der Waals surface area contributed by atoms with Gasteiger partial charge in [-0.05, 0) is 86.9 Å². The van der Waals surface area contributed by atoms with E-state index in [0.717, 1.165) is 68.0 Å². The van der Waals surface area contributed by atoms with Crippen LogP contribution in [0.1, 0.15) is 36.0 Å². The first-order valence-electron chi connectivity index (χ1n) is 14.6. The third-order valence-electron chi connectivity index (χ3n) is 8.52. The topological polar surface area (TPSA) is 78.8 Å². The van der Waals surface area contributed by atoms with Crippen molar-refractivity contribution in [3.05, 3.63) is 70.5 Å². The molecule has 0 unspecified atom stereocenters. The van der Waals surface area contributed by atoms with Crippen LogP contribution < -0.4 is 20.8 Å². The van der Waals surface area contributed by atoms with Crippen molar-refractivity contribution in [2.75, 3.05) is 57.7 Å². The number of amides is 1. The van der Waals surface area contributed by atoms with Crippen LogP contribution in [-0.2, 0) is 0 Å². The van der Waals surface area contributed by atoms with Crippen LogP contribution >= 0.6 is 0 Å². The summed E-state index contributed by atoms with van der Waals surface area (Å²) in [6.45, 7) is 7.49. The quantitative estimate of drug-likeness (QED) is 0.302. The van der Waals surface area contributed by atoms with Gasteiger partial charge in [0.1, 0.15) is 11.1 Å². The van der Waals surface area contributed by atoms with Crippen LogP contribution in [0.25, 0.3) is 27.4 Å². The number of aromatic nitrogens is 1. The summed E-state index contributed by atoms with van der Waals surface area (Å²) in [5, 5.41) is 9.17. The fourth-order valence-electron chi connectivity index (χ4n) is 6.36. The molecule has 0 saturated carbocycles. The van der Waals surface area contributed by atoms with E-state index in [1.165, 1.54) is 25.7 Å². The zero-order valence-corrected chi connectivity index (χ0v) is 22.7. The number of anilines is 1. The lowest BCUT2D eigenvalue weighted by molar-refractivity contribution is 0.0948. The number of ether oxygens (including phenoxy) is 1. The smallest absolute Gasteiger partial charge is 0.256 e. The molecule has 40 heavy (non-hydrogen) atoms. The average Bonchev–Trinajstić information content (AvgIpc) is 3.69. The fraction of sp³-hybridized carbons (Fsp3) is 0.375. The van der Waals surface area contributed by atoms with E-state index in [-0.39, 0.29) is 16.9 Å². The zero-order valence-electron chi connectivity index (χ0n) is 22.7. The predicted octanol–water partition coefficient (Wildman–Crippen LogP) is 4.58. The predicted molar refractivity (Wildman–Crippen MR) is 159 cm³/mol. The summed E-state index contributed by atoms with van der Waals surface area (Å²) in [7, 11) is 0. The second-order valence-corrected chi connectivity index (χ2v) is 11.1. The molecular weight excluding hydrogens is 502 g/mol. The molecule has 7 rings (SSSR count). The van der Waals surface area contributed by atoms with E-state index in [1.807, 2.05) is 34.9 Å². The van der Waals surface area contributed by atoms with E-state index in [4.69, 9.17) is 4.74 Å². The van der Waals surface area contributed by atoms with E-state index in [2.05, 4.69) is 38.6 Å². The Morgan fingerprint density at radius 2 is 1.52 bits per heavy atom. The Labute approximate surface area is 233 Å². The molecular formula is C32H35N5O3. The van der Waals surface area contributed by atoms with Crippen LogP contribution in [-0.4, -0.2) is 72.6 Å². The highest BCUT2D eigenvalue weighted by atomic mass is 16.5. The molecule has 0 atom stereocenters. The molecule has 0 radical (unpaired) electrons. The maximum atomic E-state index is 13.7. The number of benzene rings is 3. The third kappa shape index (κ3) is 4.61. The van der Waals surface area contributed by atoms with Crippen molar-refractivity contribution in [3.63, 3.8) is 0 Å². The number of nitrogens with one attached hydrogen (secondary N) is 2. The Balaban J connectivity index is 1.28. The summed E-state index contributed by atoms with van der Waals surface area (Å²) < 4.78 is 8.52. The van der Waals surface area contributed by atoms with E-state index in [9.17, 15) is 9.59 Å². The normalized spacial score (nSPS) is 16.8. The number of hydrogen-bond donors (Lipinski definition) is 2. The van der Waals surface area contributed by atoms with Gasteiger partial charge in [0.25, 0.3) is 5.91 Å². The molecule has 8 heteroatoms. The Bertz CT molecular complexity index is 1650. The van der Waals surface area contributed by atoms with Gasteiger partial charge < -0.3 is 29.7 Å². The highest BCUT2D eigenvalue weighted by molar-refractivity contribution is 6.01. The minimum atomic E-state index is -0.335. The Morgan fingerprint density at radius 1 is 0.850 bits per heavy atom. The molecule has 0 aliphatic carbocycles. The van der Waals surface area contributed by atoms with Crippen LogP contribution in [0.2, 0.25) is 0 Å². The van der Waals surface area contributed by atoms with Crippen molar-refractivity contribution in [2.24, 2.45) is 0 Å². The van der Waals surface area contributed by atoms with Gasteiger partial charge in [-0.25, -0.2) is 0 Å². The monoisotopic (exact) mass is 537 g/mol. The highest BCUT2D eigenvalue weighted by Crippen LogP contribution is 2.45. The van der Waals surface area contributed by atoms with Gasteiger partial charge in [-0.2, -0.15) is 0 Å². The summed E-state index contributed by atoms with van der Waals surface area (Å²) in [6, 6.07) is 16.0. The number of likely N-dealkylation sites (tertiary alicyclic amines) is 2. The number of hydrogen-bond acceptors (Lipinski definition) is 6. The summed E-state index contributed by atoms with van der Waals surface area (Å²) >= 11 is 0. The lowest BCUT2D eigenvalue weighted by atomic mass is 10.0. The van der Waals surface area contributed by atoms with Gasteiger partial charge in [-0.3, -0.25) is 9.59 Å². The number of rotatable bonds is 8. The summed E-state index contributed by atoms with van der Waals surface area (Å²) in [5.41, 5.74) is 2.23. The van der Waals surface area contributed by atoms with Gasteiger partial charge in [0.05, 0.1) is 16.8 Å². The summed E-state index contributed by atoms with van der Waals surface area (Å²) in [6.07, 6.45) is 6.63. The third-order valence-corrected chi connectivity index (χ3v) is 8.52. The Hall–Kier alpha value is -3.88. The van der Waals surface area contributed by atoms with Crippen LogP contribution in [0.5, 0.6) is 11.5 Å². The molecule has 1 aromatic heterocycles. The summed E-state index contributed by atoms with van der Waals surface area (Å²) in [5.74, 6) is 0.989. The number of pyridine rings is 1. The molecule has 3 aromatic carbocycles. The molecule has 8 nitrogen and oxygen atoms in total. The lowest BCUT2D eigenvalue weighted by Crippen LogP contribution is -2.36. The molecule has 2 saturated heterocycles.